The highest BCUT2D eigenvalue weighted by molar-refractivity contribution is 5.95. The number of anilines is 1. The molecular weight excluding hydrogens is 306 g/mol. The summed E-state index contributed by atoms with van der Waals surface area (Å²) in [7, 11) is 1.69. The fourth-order valence-corrected chi connectivity index (χ4v) is 2.79. The molecule has 0 saturated carbocycles. The van der Waals surface area contributed by atoms with Gasteiger partial charge in [-0.25, -0.2) is 4.98 Å². The maximum Gasteiger partial charge on any atom is 0.257 e. The predicted octanol–water partition coefficient (Wildman–Crippen LogP) is 1.93. The van der Waals surface area contributed by atoms with Gasteiger partial charge in [-0.1, -0.05) is 36.4 Å². The molecular formula is C18H19N3O3. The molecule has 0 radical (unpaired) electrons. The van der Waals surface area contributed by atoms with Crippen LogP contribution in [0.4, 0.5) is 5.82 Å². The lowest BCUT2D eigenvalue weighted by molar-refractivity contribution is -0.160. The molecule has 1 aromatic heterocycles. The van der Waals surface area contributed by atoms with Crippen LogP contribution in [0.5, 0.6) is 0 Å². The molecule has 0 unspecified atom stereocenters. The summed E-state index contributed by atoms with van der Waals surface area (Å²) < 4.78 is 5.56. The van der Waals surface area contributed by atoms with Crippen molar-refractivity contribution in [3.05, 3.63) is 59.8 Å². The third-order valence-electron chi connectivity index (χ3n) is 4.02. The SMILES string of the molecule is Cc1cccc(NC(=O)[C@@H]2OCC(=O)N(C)[C@H]2c2ccccc2)n1. The Morgan fingerprint density at radius 2 is 1.96 bits per heavy atom. The van der Waals surface area contributed by atoms with Crippen LogP contribution in [0.1, 0.15) is 17.3 Å². The first-order valence-corrected chi connectivity index (χ1v) is 7.73. The summed E-state index contributed by atoms with van der Waals surface area (Å²) in [4.78, 5) is 30.5. The second-order valence-electron chi connectivity index (χ2n) is 5.75. The fourth-order valence-electron chi connectivity index (χ4n) is 2.79. The summed E-state index contributed by atoms with van der Waals surface area (Å²) in [5.41, 5.74) is 1.66. The number of pyridine rings is 1. The minimum Gasteiger partial charge on any atom is -0.356 e. The first-order chi connectivity index (χ1) is 11.6. The van der Waals surface area contributed by atoms with Gasteiger partial charge in [0, 0.05) is 12.7 Å². The zero-order valence-corrected chi connectivity index (χ0v) is 13.6. The average Bonchev–Trinajstić information content (AvgIpc) is 2.58. The molecule has 1 aliphatic heterocycles. The highest BCUT2D eigenvalue weighted by Crippen LogP contribution is 2.29. The van der Waals surface area contributed by atoms with Gasteiger partial charge in [0.1, 0.15) is 12.4 Å². The van der Waals surface area contributed by atoms with Crippen LogP contribution < -0.4 is 5.32 Å². The number of morpholine rings is 1. The van der Waals surface area contributed by atoms with Gasteiger partial charge in [-0.15, -0.1) is 0 Å². The molecule has 1 N–H and O–H groups in total. The lowest BCUT2D eigenvalue weighted by Gasteiger charge is -2.38. The normalized spacial score (nSPS) is 20.8. The van der Waals surface area contributed by atoms with Crippen LogP contribution in [0.3, 0.4) is 0 Å². The molecule has 2 atom stereocenters. The van der Waals surface area contributed by atoms with E-state index < -0.39 is 12.1 Å². The molecule has 24 heavy (non-hydrogen) atoms. The quantitative estimate of drug-likeness (QED) is 0.936. The number of rotatable bonds is 3. The summed E-state index contributed by atoms with van der Waals surface area (Å²) in [6.45, 7) is 1.74. The van der Waals surface area contributed by atoms with Gasteiger partial charge in [-0.2, -0.15) is 0 Å². The fraction of sp³-hybridized carbons (Fsp3) is 0.278. The number of carbonyl (C=O) groups is 2. The number of hydrogen-bond acceptors (Lipinski definition) is 4. The lowest BCUT2D eigenvalue weighted by atomic mass is 9.97. The Labute approximate surface area is 140 Å². The average molecular weight is 325 g/mol. The topological polar surface area (TPSA) is 71.5 Å². The largest absolute Gasteiger partial charge is 0.356 e. The number of nitrogens with zero attached hydrogens (tertiary/aromatic N) is 2. The highest BCUT2D eigenvalue weighted by atomic mass is 16.5. The lowest BCUT2D eigenvalue weighted by Crippen LogP contribution is -2.51. The number of aromatic nitrogens is 1. The maximum atomic E-state index is 12.7. The van der Waals surface area contributed by atoms with Gasteiger partial charge < -0.3 is 15.0 Å². The Bertz CT molecular complexity index is 748. The van der Waals surface area contributed by atoms with Crippen molar-refractivity contribution < 1.29 is 14.3 Å². The van der Waals surface area contributed by atoms with Crippen LogP contribution in [0.25, 0.3) is 0 Å². The van der Waals surface area contributed by atoms with E-state index in [1.807, 2.05) is 49.4 Å². The molecule has 2 heterocycles. The van der Waals surface area contributed by atoms with Crippen molar-refractivity contribution in [3.8, 4) is 0 Å². The molecule has 124 valence electrons. The maximum absolute atomic E-state index is 12.7. The Morgan fingerprint density at radius 3 is 2.67 bits per heavy atom. The van der Waals surface area contributed by atoms with Crippen LogP contribution in [0, 0.1) is 6.92 Å². The number of amides is 2. The van der Waals surface area contributed by atoms with E-state index in [-0.39, 0.29) is 18.4 Å². The molecule has 6 nitrogen and oxygen atoms in total. The second-order valence-corrected chi connectivity index (χ2v) is 5.75. The van der Waals surface area contributed by atoms with Crippen LogP contribution in [0.2, 0.25) is 0 Å². The van der Waals surface area contributed by atoms with Crippen molar-refractivity contribution in [3.63, 3.8) is 0 Å². The van der Waals surface area contributed by atoms with Crippen molar-refractivity contribution in [2.24, 2.45) is 0 Å². The van der Waals surface area contributed by atoms with E-state index in [1.54, 1.807) is 18.0 Å². The molecule has 1 fully saturated rings. The van der Waals surface area contributed by atoms with Gasteiger partial charge >= 0.3 is 0 Å². The number of aryl methyl sites for hydroxylation is 1. The van der Waals surface area contributed by atoms with Crippen molar-refractivity contribution in [1.82, 2.24) is 9.88 Å². The van der Waals surface area contributed by atoms with E-state index in [1.165, 1.54) is 0 Å². The summed E-state index contributed by atoms with van der Waals surface area (Å²) in [6, 6.07) is 14.3. The number of nitrogens with one attached hydrogen (secondary N) is 1. The summed E-state index contributed by atoms with van der Waals surface area (Å²) in [5, 5.41) is 2.77. The van der Waals surface area contributed by atoms with Crippen LogP contribution >= 0.6 is 0 Å². The van der Waals surface area contributed by atoms with Gasteiger partial charge in [-0.3, -0.25) is 9.59 Å². The number of likely N-dealkylation sites (N-methyl/N-ethyl adjacent to an activating group) is 1. The Hall–Kier alpha value is -2.73. The van der Waals surface area contributed by atoms with E-state index >= 15 is 0 Å². The van der Waals surface area contributed by atoms with Crippen molar-refractivity contribution in [1.29, 1.82) is 0 Å². The van der Waals surface area contributed by atoms with E-state index in [9.17, 15) is 9.59 Å². The highest BCUT2D eigenvalue weighted by Gasteiger charge is 2.40. The minimum atomic E-state index is -0.794. The van der Waals surface area contributed by atoms with E-state index in [0.29, 0.717) is 5.82 Å². The number of ether oxygens (including phenoxy) is 1. The number of hydrogen-bond donors (Lipinski definition) is 1. The van der Waals surface area contributed by atoms with Gasteiger partial charge in [0.25, 0.3) is 5.91 Å². The van der Waals surface area contributed by atoms with Crippen LogP contribution in [-0.4, -0.2) is 41.5 Å². The van der Waals surface area contributed by atoms with Gasteiger partial charge in [-0.05, 0) is 24.6 Å². The molecule has 0 spiro atoms. The van der Waals surface area contributed by atoms with E-state index in [4.69, 9.17) is 4.74 Å². The summed E-state index contributed by atoms with van der Waals surface area (Å²) >= 11 is 0. The van der Waals surface area contributed by atoms with Crippen molar-refractivity contribution in [2.45, 2.75) is 19.1 Å². The van der Waals surface area contributed by atoms with Crippen molar-refractivity contribution in [2.75, 3.05) is 19.0 Å². The Kier molecular flexibility index (Phi) is 4.57. The molecule has 1 saturated heterocycles. The monoisotopic (exact) mass is 325 g/mol. The zero-order valence-electron chi connectivity index (χ0n) is 13.6. The molecule has 2 amide bonds. The molecule has 2 aromatic rings. The molecule has 0 aliphatic carbocycles. The van der Waals surface area contributed by atoms with Crippen LogP contribution in [-0.2, 0) is 14.3 Å². The first kappa shape index (κ1) is 16.1. The van der Waals surface area contributed by atoms with Crippen molar-refractivity contribution >= 4 is 17.6 Å². The Morgan fingerprint density at radius 1 is 1.21 bits per heavy atom. The van der Waals surface area contributed by atoms with E-state index in [2.05, 4.69) is 10.3 Å². The molecule has 1 aromatic carbocycles. The third-order valence-corrected chi connectivity index (χ3v) is 4.02. The summed E-state index contributed by atoms with van der Waals surface area (Å²) in [6.07, 6.45) is -0.794. The second kappa shape index (κ2) is 6.80. The smallest absolute Gasteiger partial charge is 0.257 e. The molecule has 1 aliphatic rings. The predicted molar refractivity (Wildman–Crippen MR) is 89.3 cm³/mol. The molecule has 3 rings (SSSR count). The third kappa shape index (κ3) is 3.28. The van der Waals surface area contributed by atoms with Gasteiger partial charge in [0.2, 0.25) is 5.91 Å². The standard InChI is InChI=1S/C18H19N3O3/c1-12-7-6-10-14(19-12)20-18(23)17-16(13-8-4-3-5-9-13)21(2)15(22)11-24-17/h3-10,16-17H,11H2,1-2H3,(H,19,20,23)/t16-,17+/m0/s1. The molecule has 6 heteroatoms. The van der Waals surface area contributed by atoms with Gasteiger partial charge in [0.05, 0.1) is 6.04 Å². The van der Waals surface area contributed by atoms with Gasteiger partial charge in [0.15, 0.2) is 6.10 Å². The minimum absolute atomic E-state index is 0.112. The number of benzene rings is 1. The van der Waals surface area contributed by atoms with E-state index in [0.717, 1.165) is 11.3 Å². The zero-order chi connectivity index (χ0) is 17.1. The Balaban J connectivity index is 1.86. The first-order valence-electron chi connectivity index (χ1n) is 7.73. The molecule has 0 bridgehead atoms. The summed E-state index contributed by atoms with van der Waals surface area (Å²) in [5.74, 6) is -0.00199. The number of carbonyl (C=O) groups excluding carboxylic acids is 2. The van der Waals surface area contributed by atoms with Crippen LogP contribution in [0.15, 0.2) is 48.5 Å².